The van der Waals surface area contributed by atoms with Crippen molar-refractivity contribution >= 4 is 5.69 Å². The number of benzene rings is 1. The molecule has 4 nitrogen and oxygen atoms in total. The van der Waals surface area contributed by atoms with Crippen LogP contribution in [-0.4, -0.2) is 52.6 Å². The van der Waals surface area contributed by atoms with E-state index in [1.807, 2.05) is 0 Å². The first kappa shape index (κ1) is 14.1. The molecule has 5 aliphatic heterocycles. The van der Waals surface area contributed by atoms with Crippen LogP contribution in [0.3, 0.4) is 0 Å². The second kappa shape index (κ2) is 4.17. The molecule has 4 saturated heterocycles. The molecule has 5 heterocycles. The molecule has 7 rings (SSSR count). The summed E-state index contributed by atoms with van der Waals surface area (Å²) in [5, 5.41) is 22.6. The number of fused-ring (bicyclic) bond motifs is 2. The Hall–Kier alpha value is -1.10. The van der Waals surface area contributed by atoms with Gasteiger partial charge in [-0.1, -0.05) is 25.1 Å². The van der Waals surface area contributed by atoms with Crippen LogP contribution in [0.15, 0.2) is 24.3 Å². The maximum absolute atomic E-state index is 11.6. The standard InChI is InChI=1S/C20H26N2O2/c1-3-10-11-8-14-17-20(12-6-4-5-7-13(12)21(17)2)9-15(16(11)18(20)23)22(14)19(10)24/h4-7,10-11,14-19,23-24H,3,8-9H2,1-2H3/t10-,11?,14?,15+,16?,17?,18?,19?,20-/m1/s1. The topological polar surface area (TPSA) is 46.9 Å². The Labute approximate surface area is 143 Å². The molecule has 1 aromatic rings. The highest BCUT2D eigenvalue weighted by Crippen LogP contribution is 2.68. The van der Waals surface area contributed by atoms with Crippen LogP contribution in [0.5, 0.6) is 0 Å². The van der Waals surface area contributed by atoms with E-state index in [-0.39, 0.29) is 17.7 Å². The minimum absolute atomic E-state index is 0.126. The molecular weight excluding hydrogens is 300 g/mol. The van der Waals surface area contributed by atoms with Crippen molar-refractivity contribution in [3.8, 4) is 0 Å². The fourth-order valence-corrected chi connectivity index (χ4v) is 7.88. The quantitative estimate of drug-likeness (QED) is 0.822. The van der Waals surface area contributed by atoms with Crippen molar-refractivity contribution in [3.63, 3.8) is 0 Å². The number of nitrogens with zero attached hydrogens (tertiary/aromatic N) is 2. The fourth-order valence-electron chi connectivity index (χ4n) is 7.88. The fraction of sp³-hybridized carbons (Fsp3) is 0.700. The minimum atomic E-state index is -0.319. The van der Waals surface area contributed by atoms with Crippen molar-refractivity contribution in [3.05, 3.63) is 29.8 Å². The lowest BCUT2D eigenvalue weighted by atomic mass is 9.62. The number of anilines is 1. The lowest BCUT2D eigenvalue weighted by molar-refractivity contribution is -0.211. The summed E-state index contributed by atoms with van der Waals surface area (Å²) in [5.74, 6) is 1.14. The molecule has 2 N–H and O–H groups in total. The van der Waals surface area contributed by atoms with E-state index in [1.165, 1.54) is 11.3 Å². The Morgan fingerprint density at radius 3 is 2.79 bits per heavy atom. The van der Waals surface area contributed by atoms with Gasteiger partial charge in [-0.25, -0.2) is 0 Å². The molecule has 1 aliphatic carbocycles. The van der Waals surface area contributed by atoms with Crippen LogP contribution < -0.4 is 4.90 Å². The number of piperidine rings is 4. The van der Waals surface area contributed by atoms with Crippen LogP contribution in [0.2, 0.25) is 0 Å². The minimum Gasteiger partial charge on any atom is -0.392 e. The van der Waals surface area contributed by atoms with E-state index in [0.717, 1.165) is 19.3 Å². The first-order valence-electron chi connectivity index (χ1n) is 9.57. The Kier molecular flexibility index (Phi) is 2.45. The lowest BCUT2D eigenvalue weighted by Crippen LogP contribution is -2.72. The van der Waals surface area contributed by atoms with Crippen molar-refractivity contribution in [1.29, 1.82) is 0 Å². The third-order valence-corrected chi connectivity index (χ3v) is 8.46. The van der Waals surface area contributed by atoms with Crippen LogP contribution in [0.4, 0.5) is 5.69 Å². The van der Waals surface area contributed by atoms with Gasteiger partial charge in [0, 0.05) is 42.1 Å². The van der Waals surface area contributed by atoms with E-state index in [1.54, 1.807) is 0 Å². The largest absolute Gasteiger partial charge is 0.392 e. The van der Waals surface area contributed by atoms with Crippen LogP contribution >= 0.6 is 0 Å². The van der Waals surface area contributed by atoms with E-state index in [9.17, 15) is 10.2 Å². The smallest absolute Gasteiger partial charge is 0.111 e. The van der Waals surface area contributed by atoms with Gasteiger partial charge in [0.1, 0.15) is 6.23 Å². The van der Waals surface area contributed by atoms with Crippen molar-refractivity contribution < 1.29 is 10.2 Å². The molecule has 4 heteroatoms. The summed E-state index contributed by atoms with van der Waals surface area (Å²) in [7, 11) is 2.19. The molecule has 5 bridgehead atoms. The second-order valence-corrected chi connectivity index (χ2v) is 8.81. The first-order valence-corrected chi connectivity index (χ1v) is 9.57. The third-order valence-electron chi connectivity index (χ3n) is 8.46. The molecule has 1 saturated carbocycles. The van der Waals surface area contributed by atoms with E-state index in [2.05, 4.69) is 48.0 Å². The highest BCUT2D eigenvalue weighted by atomic mass is 16.3. The highest BCUT2D eigenvalue weighted by Gasteiger charge is 2.76. The van der Waals surface area contributed by atoms with E-state index >= 15 is 0 Å². The maximum Gasteiger partial charge on any atom is 0.111 e. The van der Waals surface area contributed by atoms with E-state index < -0.39 is 0 Å². The predicted molar refractivity (Wildman–Crippen MR) is 91.7 cm³/mol. The van der Waals surface area contributed by atoms with Gasteiger partial charge < -0.3 is 15.1 Å². The third kappa shape index (κ3) is 1.20. The molecule has 0 aromatic heterocycles. The Balaban J connectivity index is 1.60. The van der Waals surface area contributed by atoms with Gasteiger partial charge in [-0.05, 0) is 36.8 Å². The zero-order valence-corrected chi connectivity index (χ0v) is 14.3. The van der Waals surface area contributed by atoms with Gasteiger partial charge in [0.15, 0.2) is 0 Å². The molecule has 128 valence electrons. The second-order valence-electron chi connectivity index (χ2n) is 8.81. The molecule has 1 spiro atoms. The number of hydrogen-bond acceptors (Lipinski definition) is 4. The summed E-state index contributed by atoms with van der Waals surface area (Å²) in [6.07, 6.45) is 2.56. The number of para-hydroxylation sites is 1. The molecule has 10 atom stereocenters. The van der Waals surface area contributed by atoms with Crippen LogP contribution in [-0.2, 0) is 5.41 Å². The summed E-state index contributed by atoms with van der Waals surface area (Å²) in [6, 6.07) is 9.70. The van der Waals surface area contributed by atoms with Crippen molar-refractivity contribution in [2.75, 3.05) is 11.9 Å². The van der Waals surface area contributed by atoms with Crippen molar-refractivity contribution in [2.24, 2.45) is 17.8 Å². The number of hydrogen-bond donors (Lipinski definition) is 2. The molecule has 6 aliphatic rings. The number of aliphatic hydroxyl groups is 2. The van der Waals surface area contributed by atoms with Crippen molar-refractivity contribution in [2.45, 2.75) is 62.1 Å². The number of rotatable bonds is 1. The molecule has 24 heavy (non-hydrogen) atoms. The van der Waals surface area contributed by atoms with Gasteiger partial charge in [-0.15, -0.1) is 0 Å². The zero-order valence-electron chi connectivity index (χ0n) is 14.3. The molecule has 5 fully saturated rings. The van der Waals surface area contributed by atoms with Gasteiger partial charge in [0.25, 0.3) is 0 Å². The average Bonchev–Trinajstić information content (AvgIpc) is 2.97. The van der Waals surface area contributed by atoms with Gasteiger partial charge in [-0.2, -0.15) is 0 Å². The predicted octanol–water partition coefficient (Wildman–Crippen LogP) is 1.55. The highest BCUT2D eigenvalue weighted by molar-refractivity contribution is 5.67. The molecular formula is C20H26N2O2. The van der Waals surface area contributed by atoms with Crippen LogP contribution in [0.25, 0.3) is 0 Å². The Morgan fingerprint density at radius 1 is 1.21 bits per heavy atom. The first-order chi connectivity index (χ1) is 11.6. The molecule has 7 unspecified atom stereocenters. The normalized spacial score (nSPS) is 55.8. The van der Waals surface area contributed by atoms with E-state index in [4.69, 9.17) is 0 Å². The summed E-state index contributed by atoms with van der Waals surface area (Å²) in [4.78, 5) is 4.83. The summed E-state index contributed by atoms with van der Waals surface area (Å²) < 4.78 is 0. The van der Waals surface area contributed by atoms with Gasteiger partial charge >= 0.3 is 0 Å². The molecule has 1 aromatic carbocycles. The summed E-state index contributed by atoms with van der Waals surface area (Å²) in [6.45, 7) is 2.19. The molecule has 0 radical (unpaired) electrons. The van der Waals surface area contributed by atoms with Crippen LogP contribution in [0, 0.1) is 17.8 Å². The summed E-state index contributed by atoms with van der Waals surface area (Å²) in [5.41, 5.74) is 2.51. The van der Waals surface area contributed by atoms with Gasteiger partial charge in [0.2, 0.25) is 0 Å². The molecule has 0 amide bonds. The van der Waals surface area contributed by atoms with Crippen LogP contribution in [0.1, 0.15) is 31.7 Å². The lowest BCUT2D eigenvalue weighted by Gasteiger charge is -2.62. The average molecular weight is 326 g/mol. The Morgan fingerprint density at radius 2 is 2.00 bits per heavy atom. The summed E-state index contributed by atoms with van der Waals surface area (Å²) >= 11 is 0. The zero-order chi connectivity index (χ0) is 16.4. The Bertz CT molecular complexity index is 723. The number of likely N-dealkylation sites (N-methyl/N-ethyl adjacent to an activating group) is 1. The maximum atomic E-state index is 11.6. The number of aliphatic hydroxyl groups excluding tert-OH is 2. The van der Waals surface area contributed by atoms with Gasteiger partial charge in [0.05, 0.1) is 12.1 Å². The van der Waals surface area contributed by atoms with Crippen molar-refractivity contribution in [1.82, 2.24) is 4.90 Å². The van der Waals surface area contributed by atoms with E-state index in [0.29, 0.717) is 35.9 Å². The monoisotopic (exact) mass is 326 g/mol. The SMILES string of the molecule is CC[C@@H]1C2CC3C4N(C)c5ccccc5[C@]45C[C@@H](C2C5O)N3C1O. The van der Waals surface area contributed by atoms with Gasteiger partial charge in [-0.3, -0.25) is 4.90 Å².